The Labute approximate surface area is 182 Å². The molecule has 2 aromatic carbocycles. The number of nitro benzene ring substituents is 1. The van der Waals surface area contributed by atoms with Crippen LogP contribution in [0.1, 0.15) is 56.2 Å². The molecule has 3 nitrogen and oxygen atoms in total. The molecule has 0 spiro atoms. The lowest BCUT2D eigenvalue weighted by atomic mass is 9.87. The normalized spacial score (nSPS) is 10.2. The lowest BCUT2D eigenvalue weighted by Crippen LogP contribution is -2.07. The van der Waals surface area contributed by atoms with Gasteiger partial charge in [0.25, 0.3) is 5.69 Å². The molecule has 0 fully saturated rings. The van der Waals surface area contributed by atoms with Crippen molar-refractivity contribution in [2.75, 3.05) is 0 Å². The number of hydrogen-bond acceptors (Lipinski definition) is 2. The number of halogens is 1. The van der Waals surface area contributed by atoms with E-state index in [9.17, 15) is 10.1 Å². The summed E-state index contributed by atoms with van der Waals surface area (Å²) in [6, 6.07) is 13.1. The fourth-order valence-corrected chi connectivity index (χ4v) is 2.99. The molecule has 0 saturated carbocycles. The Bertz CT molecular complexity index is 872. The van der Waals surface area contributed by atoms with Crippen LogP contribution in [0.5, 0.6) is 0 Å². The number of hydrogen-bond donors (Lipinski definition) is 0. The quantitative estimate of drug-likeness (QED) is 0.161. The second-order valence-electron chi connectivity index (χ2n) is 5.93. The van der Waals surface area contributed by atoms with Crippen LogP contribution in [0.2, 0.25) is 0 Å². The van der Waals surface area contributed by atoms with Gasteiger partial charge in [-0.2, -0.15) is 0 Å². The zero-order valence-corrected chi connectivity index (χ0v) is 18.7. The fraction of sp³-hybridized carbons (Fsp3) is 0.333. The highest BCUT2D eigenvalue weighted by molar-refractivity contribution is 14.1. The summed E-state index contributed by atoms with van der Waals surface area (Å²) >= 11 is 2.03. The Morgan fingerprint density at radius 1 is 1.07 bits per heavy atom. The van der Waals surface area contributed by atoms with Crippen LogP contribution in [-0.4, -0.2) is 4.92 Å². The van der Waals surface area contributed by atoms with E-state index < -0.39 is 4.92 Å². The van der Waals surface area contributed by atoms with Gasteiger partial charge in [0.1, 0.15) is 0 Å². The first-order valence-corrected chi connectivity index (χ1v) is 10.6. The van der Waals surface area contributed by atoms with E-state index in [0.717, 1.165) is 34.8 Å². The van der Waals surface area contributed by atoms with E-state index in [1.54, 1.807) is 6.07 Å². The van der Waals surface area contributed by atoms with Crippen molar-refractivity contribution in [1.82, 2.24) is 0 Å². The summed E-state index contributed by atoms with van der Waals surface area (Å²) in [6.07, 6.45) is 11.7. The number of aryl methyl sites for hydroxylation is 2. The van der Waals surface area contributed by atoms with Gasteiger partial charge in [0.2, 0.25) is 0 Å². The van der Waals surface area contributed by atoms with Gasteiger partial charge in [-0.1, -0.05) is 37.8 Å². The van der Waals surface area contributed by atoms with Gasteiger partial charge in [0.05, 0.1) is 4.92 Å². The molecule has 0 saturated heterocycles. The number of nitrogens with zero attached hydrogens (tertiary/aromatic N) is 1. The van der Waals surface area contributed by atoms with Gasteiger partial charge in [0, 0.05) is 34.1 Å². The molecule has 1 aliphatic rings. The summed E-state index contributed by atoms with van der Waals surface area (Å²) in [5.41, 5.74) is 4.29. The van der Waals surface area contributed by atoms with Crippen molar-refractivity contribution in [2.24, 2.45) is 0 Å². The minimum Gasteiger partial charge on any atom is -0.258 e. The Balaban J connectivity index is 0.000000281. The summed E-state index contributed by atoms with van der Waals surface area (Å²) in [5.74, 6) is 9.08. The standard InChI is InChI=1S/C16H16.C6H4INO2.C2H6/c1-2-3-4-5-6-7-8-14-9-10-15-11-12-16(15)13-14;7-5-2-1-3-6(4-5)8(9)10;1-2/h1,9-10,13H,3-6,11-12H2;1-4H;1-2H3. The Kier molecular flexibility index (Phi) is 11.7. The zero-order chi connectivity index (χ0) is 20.8. The largest absolute Gasteiger partial charge is 0.270 e. The van der Waals surface area contributed by atoms with Gasteiger partial charge in [-0.15, -0.1) is 12.3 Å². The average Bonchev–Trinajstić information content (AvgIpc) is 2.68. The summed E-state index contributed by atoms with van der Waals surface area (Å²) in [5, 5.41) is 10.2. The molecule has 0 bridgehead atoms. The molecule has 28 heavy (non-hydrogen) atoms. The second kappa shape index (κ2) is 13.8. The van der Waals surface area contributed by atoms with E-state index in [0.29, 0.717) is 0 Å². The van der Waals surface area contributed by atoms with Crippen molar-refractivity contribution in [3.63, 3.8) is 0 Å². The van der Waals surface area contributed by atoms with Crippen LogP contribution in [0.25, 0.3) is 0 Å². The van der Waals surface area contributed by atoms with Crippen molar-refractivity contribution in [1.29, 1.82) is 0 Å². The molecule has 146 valence electrons. The van der Waals surface area contributed by atoms with Crippen LogP contribution >= 0.6 is 22.6 Å². The zero-order valence-electron chi connectivity index (χ0n) is 16.5. The molecule has 0 heterocycles. The number of terminal acetylenes is 1. The third-order valence-corrected chi connectivity index (χ3v) is 4.67. The van der Waals surface area contributed by atoms with Gasteiger partial charge in [-0.25, -0.2) is 0 Å². The molecule has 4 heteroatoms. The first-order chi connectivity index (χ1) is 13.6. The van der Waals surface area contributed by atoms with Crippen LogP contribution in [0, 0.1) is 37.9 Å². The highest BCUT2D eigenvalue weighted by atomic mass is 127. The maximum Gasteiger partial charge on any atom is 0.270 e. The minimum absolute atomic E-state index is 0.145. The van der Waals surface area contributed by atoms with Crippen molar-refractivity contribution < 1.29 is 4.92 Å². The molecule has 0 radical (unpaired) electrons. The number of non-ortho nitro benzene ring substituents is 1. The molecule has 0 atom stereocenters. The van der Waals surface area contributed by atoms with Gasteiger partial charge in [-0.05, 0) is 77.6 Å². The molecular weight excluding hydrogens is 461 g/mol. The molecule has 2 aromatic rings. The van der Waals surface area contributed by atoms with Crippen LogP contribution in [0.15, 0.2) is 42.5 Å². The van der Waals surface area contributed by atoms with Gasteiger partial charge >= 0.3 is 0 Å². The maximum absolute atomic E-state index is 10.2. The van der Waals surface area contributed by atoms with Crippen molar-refractivity contribution in [2.45, 2.75) is 52.4 Å². The summed E-state index contributed by atoms with van der Waals surface area (Å²) in [7, 11) is 0. The first kappa shape index (κ1) is 23.7. The van der Waals surface area contributed by atoms with Gasteiger partial charge < -0.3 is 0 Å². The third-order valence-electron chi connectivity index (χ3n) is 3.99. The third kappa shape index (κ3) is 8.59. The SMILES string of the molecule is C#CCCCCC#Cc1ccc2c(c1)CC2.CC.O=[N+]([O-])c1cccc(I)c1. The smallest absolute Gasteiger partial charge is 0.258 e. The van der Waals surface area contributed by atoms with Crippen LogP contribution in [0.3, 0.4) is 0 Å². The highest BCUT2D eigenvalue weighted by Crippen LogP contribution is 2.23. The number of unbranched alkanes of at least 4 members (excludes halogenated alkanes) is 3. The predicted octanol–water partition coefficient (Wildman–Crippen LogP) is 6.56. The number of nitro groups is 1. The fourth-order valence-electron chi connectivity index (χ4n) is 2.47. The number of fused-ring (bicyclic) bond motifs is 1. The van der Waals surface area contributed by atoms with E-state index in [1.165, 1.54) is 36.1 Å². The summed E-state index contributed by atoms with van der Waals surface area (Å²) < 4.78 is 0.881. The van der Waals surface area contributed by atoms with E-state index in [-0.39, 0.29) is 5.69 Å². The van der Waals surface area contributed by atoms with Crippen LogP contribution < -0.4 is 0 Å². The van der Waals surface area contributed by atoms with Crippen molar-refractivity contribution in [3.05, 3.63) is 72.8 Å². The maximum atomic E-state index is 10.2. The highest BCUT2D eigenvalue weighted by Gasteiger charge is 2.11. The molecule has 0 N–H and O–H groups in total. The monoisotopic (exact) mass is 487 g/mol. The van der Waals surface area contributed by atoms with Crippen LogP contribution in [0.4, 0.5) is 5.69 Å². The van der Waals surface area contributed by atoms with E-state index in [4.69, 9.17) is 6.42 Å². The molecule has 0 amide bonds. The lowest BCUT2D eigenvalue weighted by molar-refractivity contribution is -0.384. The molecule has 0 unspecified atom stereocenters. The summed E-state index contributed by atoms with van der Waals surface area (Å²) in [4.78, 5) is 9.75. The topological polar surface area (TPSA) is 43.1 Å². The van der Waals surface area contributed by atoms with E-state index in [1.807, 2.05) is 42.5 Å². The van der Waals surface area contributed by atoms with E-state index >= 15 is 0 Å². The molecule has 3 rings (SSSR count). The molecule has 0 aromatic heterocycles. The second-order valence-corrected chi connectivity index (χ2v) is 7.18. The van der Waals surface area contributed by atoms with Gasteiger partial charge in [-0.3, -0.25) is 10.1 Å². The minimum atomic E-state index is -0.401. The Morgan fingerprint density at radius 2 is 1.79 bits per heavy atom. The molecule has 0 aliphatic heterocycles. The molecular formula is C24H26INO2. The Hall–Kier alpha value is -2.31. The molecule has 1 aliphatic carbocycles. The van der Waals surface area contributed by atoms with E-state index in [2.05, 4.69) is 36.0 Å². The Morgan fingerprint density at radius 3 is 2.32 bits per heavy atom. The van der Waals surface area contributed by atoms with Crippen LogP contribution in [-0.2, 0) is 12.8 Å². The van der Waals surface area contributed by atoms with Gasteiger partial charge in [0.15, 0.2) is 0 Å². The first-order valence-electron chi connectivity index (χ1n) is 9.54. The number of rotatable bonds is 4. The van der Waals surface area contributed by atoms with Crippen molar-refractivity contribution in [3.8, 4) is 24.2 Å². The summed E-state index contributed by atoms with van der Waals surface area (Å²) in [6.45, 7) is 4.00. The lowest BCUT2D eigenvalue weighted by Gasteiger charge is -2.17. The predicted molar refractivity (Wildman–Crippen MR) is 125 cm³/mol. The average molecular weight is 487 g/mol. The van der Waals surface area contributed by atoms with Crippen molar-refractivity contribution >= 4 is 28.3 Å². The number of benzene rings is 2.